The van der Waals surface area contributed by atoms with Crippen LogP contribution in [0, 0.1) is 10.8 Å². The molecule has 36 heavy (non-hydrogen) atoms. The summed E-state index contributed by atoms with van der Waals surface area (Å²) in [5.74, 6) is 0.898. The smallest absolute Gasteiger partial charge is 0.338 e. The average Bonchev–Trinajstić information content (AvgIpc) is 3.13. The summed E-state index contributed by atoms with van der Waals surface area (Å²) < 4.78 is 12.9. The first-order valence-corrected chi connectivity index (χ1v) is 12.9. The van der Waals surface area contributed by atoms with E-state index in [1.807, 2.05) is 6.07 Å². The van der Waals surface area contributed by atoms with Crippen LogP contribution in [0.3, 0.4) is 0 Å². The maximum Gasteiger partial charge on any atom is 0.338 e. The normalized spacial score (nSPS) is 17.5. The van der Waals surface area contributed by atoms with Crippen LogP contribution in [0.25, 0.3) is 11.0 Å². The third-order valence-corrected chi connectivity index (χ3v) is 7.35. The largest absolute Gasteiger partial charge is 0.465 e. The van der Waals surface area contributed by atoms with Gasteiger partial charge in [-0.05, 0) is 71.4 Å². The Labute approximate surface area is 215 Å². The Morgan fingerprint density at radius 1 is 1.08 bits per heavy atom. The molecule has 0 saturated heterocycles. The Morgan fingerprint density at radius 3 is 2.28 bits per heavy atom. The minimum Gasteiger partial charge on any atom is -0.465 e. The van der Waals surface area contributed by atoms with Gasteiger partial charge in [0.05, 0.1) is 30.3 Å². The first-order chi connectivity index (χ1) is 16.9. The van der Waals surface area contributed by atoms with E-state index in [4.69, 9.17) is 14.5 Å². The molecule has 3 aromatic rings. The molecule has 2 aromatic carbocycles. The van der Waals surface area contributed by atoms with E-state index in [2.05, 4.69) is 81.8 Å². The van der Waals surface area contributed by atoms with Crippen molar-refractivity contribution in [1.29, 1.82) is 0 Å². The molecule has 1 aliphatic carbocycles. The van der Waals surface area contributed by atoms with Gasteiger partial charge in [0, 0.05) is 18.8 Å². The third-order valence-electron chi connectivity index (χ3n) is 7.35. The Balaban J connectivity index is 1.88. The fourth-order valence-electron chi connectivity index (χ4n) is 6.27. The lowest BCUT2D eigenvalue weighted by atomic mass is 9.63. The second kappa shape index (κ2) is 9.89. The third kappa shape index (κ3) is 5.44. The highest BCUT2D eigenvalue weighted by molar-refractivity contribution is 5.96. The Morgan fingerprint density at radius 2 is 1.72 bits per heavy atom. The Kier molecular flexibility index (Phi) is 7.20. The fourth-order valence-corrected chi connectivity index (χ4v) is 6.27. The van der Waals surface area contributed by atoms with Crippen LogP contribution in [0.15, 0.2) is 36.4 Å². The number of fused-ring (bicyclic) bond motifs is 1. The van der Waals surface area contributed by atoms with E-state index >= 15 is 0 Å². The van der Waals surface area contributed by atoms with Gasteiger partial charge < -0.3 is 19.4 Å². The van der Waals surface area contributed by atoms with Gasteiger partial charge in [-0.15, -0.1) is 0 Å². The monoisotopic (exact) mass is 491 g/mol. The summed E-state index contributed by atoms with van der Waals surface area (Å²) in [6.07, 6.45) is 3.30. The van der Waals surface area contributed by atoms with Crippen LogP contribution < -0.4 is 5.32 Å². The number of imidazole rings is 1. The zero-order valence-corrected chi connectivity index (χ0v) is 23.1. The van der Waals surface area contributed by atoms with E-state index in [9.17, 15) is 4.79 Å². The molecule has 0 atom stereocenters. The summed E-state index contributed by atoms with van der Waals surface area (Å²) in [5, 5.41) is 3.60. The summed E-state index contributed by atoms with van der Waals surface area (Å²) >= 11 is 0. The van der Waals surface area contributed by atoms with Crippen molar-refractivity contribution in [3.8, 4) is 0 Å². The molecule has 1 aliphatic rings. The fraction of sp³-hybridized carbons (Fsp3) is 0.533. The number of nitrogens with zero attached hydrogens (tertiary/aromatic N) is 2. The van der Waals surface area contributed by atoms with E-state index in [0.717, 1.165) is 41.1 Å². The van der Waals surface area contributed by atoms with Gasteiger partial charge in [0.15, 0.2) is 0 Å². The number of esters is 1. The molecule has 0 radical (unpaired) electrons. The molecule has 0 amide bonds. The topological polar surface area (TPSA) is 65.4 Å². The number of methoxy groups -OCH3 is 2. The highest BCUT2D eigenvalue weighted by Crippen LogP contribution is 2.51. The van der Waals surface area contributed by atoms with Crippen LogP contribution in [0.4, 0.5) is 11.6 Å². The molecule has 1 N–H and O–H groups in total. The van der Waals surface area contributed by atoms with Gasteiger partial charge in [0.25, 0.3) is 0 Å². The van der Waals surface area contributed by atoms with Gasteiger partial charge in [-0.3, -0.25) is 0 Å². The molecule has 0 aliphatic heterocycles. The van der Waals surface area contributed by atoms with Crippen LogP contribution in [0.1, 0.15) is 94.2 Å². The van der Waals surface area contributed by atoms with Crippen molar-refractivity contribution >= 4 is 28.6 Å². The van der Waals surface area contributed by atoms with Gasteiger partial charge in [0.1, 0.15) is 0 Å². The van der Waals surface area contributed by atoms with Crippen molar-refractivity contribution < 1.29 is 14.3 Å². The SMILES string of the molecule is COCc1cc2c(cc1C(=O)OC)nc(Nc1ccc(C(C)C)cc1)n2C1CC(C)(C)CC(C)(C)C1. The van der Waals surface area contributed by atoms with Gasteiger partial charge in [-0.2, -0.15) is 0 Å². The van der Waals surface area contributed by atoms with Crippen molar-refractivity contribution in [2.24, 2.45) is 10.8 Å². The van der Waals surface area contributed by atoms with E-state index in [-0.39, 0.29) is 22.8 Å². The average molecular weight is 492 g/mol. The number of hydrogen-bond donors (Lipinski definition) is 1. The van der Waals surface area contributed by atoms with E-state index in [1.165, 1.54) is 19.1 Å². The van der Waals surface area contributed by atoms with Crippen molar-refractivity contribution in [3.05, 3.63) is 53.1 Å². The zero-order chi connectivity index (χ0) is 26.3. The molecule has 1 saturated carbocycles. The second-order valence-electron chi connectivity index (χ2n) is 12.2. The highest BCUT2D eigenvalue weighted by Gasteiger charge is 2.40. The van der Waals surface area contributed by atoms with Crippen molar-refractivity contribution in [3.63, 3.8) is 0 Å². The molecule has 1 heterocycles. The number of nitrogens with one attached hydrogen (secondary N) is 1. The predicted octanol–water partition coefficient (Wildman–Crippen LogP) is 7.61. The lowest BCUT2D eigenvalue weighted by molar-refractivity contribution is 0.0596. The lowest BCUT2D eigenvalue weighted by Crippen LogP contribution is -2.35. The summed E-state index contributed by atoms with van der Waals surface area (Å²) in [5.41, 5.74) is 5.80. The lowest BCUT2D eigenvalue weighted by Gasteiger charge is -2.45. The van der Waals surface area contributed by atoms with Crippen LogP contribution in [-0.2, 0) is 16.1 Å². The van der Waals surface area contributed by atoms with Gasteiger partial charge in [0.2, 0.25) is 5.95 Å². The number of ether oxygens (including phenoxy) is 2. The van der Waals surface area contributed by atoms with E-state index < -0.39 is 0 Å². The van der Waals surface area contributed by atoms with E-state index in [0.29, 0.717) is 18.1 Å². The number of carbonyl (C=O) groups excluding carboxylic acids is 1. The van der Waals surface area contributed by atoms with Gasteiger partial charge >= 0.3 is 5.97 Å². The second-order valence-corrected chi connectivity index (χ2v) is 12.2. The molecule has 0 unspecified atom stereocenters. The quantitative estimate of drug-likeness (QED) is 0.345. The van der Waals surface area contributed by atoms with Crippen LogP contribution in [0.2, 0.25) is 0 Å². The summed E-state index contributed by atoms with van der Waals surface area (Å²) in [4.78, 5) is 17.6. The number of rotatable bonds is 7. The first kappa shape index (κ1) is 26.2. The molecule has 194 valence electrons. The molecule has 6 nitrogen and oxygen atoms in total. The van der Waals surface area contributed by atoms with Gasteiger partial charge in [-0.1, -0.05) is 53.7 Å². The van der Waals surface area contributed by atoms with Crippen LogP contribution in [-0.4, -0.2) is 29.7 Å². The Bertz CT molecular complexity index is 1220. The summed E-state index contributed by atoms with van der Waals surface area (Å²) in [6.45, 7) is 14.2. The highest BCUT2D eigenvalue weighted by atomic mass is 16.5. The standard InChI is InChI=1S/C30H41N3O3/c1-19(2)20-9-11-22(12-10-20)31-28-32-25-14-24(27(34)36-8)21(17-35-7)13-26(25)33(28)23-15-29(3,4)18-30(5,6)16-23/h9-14,19,23H,15-18H2,1-8H3,(H,31,32). The maximum absolute atomic E-state index is 12.6. The zero-order valence-electron chi connectivity index (χ0n) is 23.1. The van der Waals surface area contributed by atoms with Crippen LogP contribution >= 0.6 is 0 Å². The van der Waals surface area contributed by atoms with Crippen molar-refractivity contribution in [2.75, 3.05) is 19.5 Å². The molecular formula is C30H41N3O3. The number of anilines is 2. The predicted molar refractivity (Wildman–Crippen MR) is 146 cm³/mol. The number of carbonyl (C=O) groups is 1. The molecule has 1 fully saturated rings. The molecule has 0 spiro atoms. The molecule has 6 heteroatoms. The minimum absolute atomic E-state index is 0.209. The van der Waals surface area contributed by atoms with Gasteiger partial charge in [-0.25, -0.2) is 9.78 Å². The molecular weight excluding hydrogens is 450 g/mol. The van der Waals surface area contributed by atoms with Crippen molar-refractivity contribution in [1.82, 2.24) is 9.55 Å². The Hall–Kier alpha value is -2.86. The number of hydrogen-bond acceptors (Lipinski definition) is 5. The molecule has 4 rings (SSSR count). The van der Waals surface area contributed by atoms with E-state index in [1.54, 1.807) is 7.11 Å². The number of benzene rings is 2. The maximum atomic E-state index is 12.6. The molecule has 1 aromatic heterocycles. The minimum atomic E-state index is -0.378. The first-order valence-electron chi connectivity index (χ1n) is 12.9. The summed E-state index contributed by atoms with van der Waals surface area (Å²) in [6, 6.07) is 12.7. The van der Waals surface area contributed by atoms with Crippen LogP contribution in [0.5, 0.6) is 0 Å². The summed E-state index contributed by atoms with van der Waals surface area (Å²) in [7, 11) is 3.05. The number of aromatic nitrogens is 2. The van der Waals surface area contributed by atoms with Crippen molar-refractivity contribution in [2.45, 2.75) is 79.4 Å². The molecule has 0 bridgehead atoms.